The maximum Gasteiger partial charge on any atom is 0.252 e. The number of carbonyl (C=O) groups excluding carboxylic acids is 1. The quantitative estimate of drug-likeness (QED) is 0.195. The lowest BCUT2D eigenvalue weighted by Crippen LogP contribution is -2.49. The molecule has 1 saturated carbocycles. The molecule has 2 N–H and O–H groups in total. The van der Waals surface area contributed by atoms with E-state index < -0.39 is 11.6 Å². The molecule has 0 saturated heterocycles. The Morgan fingerprint density at radius 1 is 0.976 bits per heavy atom. The van der Waals surface area contributed by atoms with E-state index in [4.69, 9.17) is 19.6 Å². The monoisotopic (exact) mass is 552 g/mol. The molecule has 0 aromatic heterocycles. The third-order valence-electron chi connectivity index (χ3n) is 8.08. The maximum absolute atomic E-state index is 14.1. The first-order valence-corrected chi connectivity index (χ1v) is 14.8. The van der Waals surface area contributed by atoms with Gasteiger partial charge in [0.2, 0.25) is 5.90 Å². The summed E-state index contributed by atoms with van der Waals surface area (Å²) in [5.74, 6) is 1.51. The van der Waals surface area contributed by atoms with Crippen molar-refractivity contribution in [2.75, 3.05) is 19.8 Å². The summed E-state index contributed by atoms with van der Waals surface area (Å²) >= 11 is 0. The molecule has 3 aromatic carbocycles. The van der Waals surface area contributed by atoms with Crippen LogP contribution in [0.25, 0.3) is 11.1 Å². The number of hydrogen-bond donors (Lipinski definition) is 2. The first-order valence-electron chi connectivity index (χ1n) is 14.8. The van der Waals surface area contributed by atoms with Gasteiger partial charge in [0.1, 0.15) is 5.75 Å². The lowest BCUT2D eigenvalue weighted by molar-refractivity contribution is -0.129. The van der Waals surface area contributed by atoms with Gasteiger partial charge in [-0.2, -0.15) is 0 Å². The zero-order valence-electron chi connectivity index (χ0n) is 23.6. The van der Waals surface area contributed by atoms with Crippen molar-refractivity contribution in [3.63, 3.8) is 0 Å². The fourth-order valence-corrected chi connectivity index (χ4v) is 5.80. The molecule has 6 nitrogen and oxygen atoms in total. The van der Waals surface area contributed by atoms with Crippen molar-refractivity contribution >= 4 is 11.8 Å². The first-order chi connectivity index (χ1) is 20.1. The van der Waals surface area contributed by atoms with Gasteiger partial charge in [0.15, 0.2) is 11.6 Å². The number of ether oxygens (including phenoxy) is 2. The topological polar surface area (TPSA) is 80.2 Å². The molecule has 1 amide bonds. The van der Waals surface area contributed by atoms with Crippen LogP contribution in [-0.4, -0.2) is 42.2 Å². The van der Waals surface area contributed by atoms with Crippen molar-refractivity contribution in [2.45, 2.75) is 56.6 Å². The highest BCUT2D eigenvalue weighted by Crippen LogP contribution is 2.43. The van der Waals surface area contributed by atoms with E-state index in [9.17, 15) is 4.79 Å². The minimum atomic E-state index is -1.17. The highest BCUT2D eigenvalue weighted by atomic mass is 16.5. The Morgan fingerprint density at radius 2 is 1.66 bits per heavy atom. The van der Waals surface area contributed by atoms with Gasteiger partial charge in [-0.1, -0.05) is 79.9 Å². The largest absolute Gasteiger partial charge is 0.494 e. The van der Waals surface area contributed by atoms with Crippen molar-refractivity contribution in [2.24, 2.45) is 10.9 Å². The Balaban J connectivity index is 1.44. The van der Waals surface area contributed by atoms with Crippen LogP contribution in [-0.2, 0) is 9.53 Å². The number of aliphatic imine (C=N–C) groups is 1. The molecule has 214 valence electrons. The second-order valence-corrected chi connectivity index (χ2v) is 11.0. The van der Waals surface area contributed by atoms with Gasteiger partial charge in [0.25, 0.3) is 5.91 Å². The van der Waals surface area contributed by atoms with Crippen LogP contribution in [0.1, 0.15) is 62.2 Å². The summed E-state index contributed by atoms with van der Waals surface area (Å²) in [6.45, 7) is 5.17. The third-order valence-corrected chi connectivity index (χ3v) is 8.08. The van der Waals surface area contributed by atoms with Crippen molar-refractivity contribution in [1.82, 2.24) is 5.32 Å². The minimum absolute atomic E-state index is 0.0879. The molecule has 5 rings (SSSR count). The van der Waals surface area contributed by atoms with Crippen LogP contribution in [0, 0.1) is 5.92 Å². The van der Waals surface area contributed by atoms with Gasteiger partial charge in [0, 0.05) is 31.6 Å². The second kappa shape index (κ2) is 13.6. The van der Waals surface area contributed by atoms with E-state index in [1.165, 1.54) is 19.3 Å². The van der Waals surface area contributed by atoms with Crippen LogP contribution in [0.15, 0.2) is 96.5 Å². The standard InChI is InChI=1S/C35H40N2O4/c1-2-22-35(34(39)36-25-26-10-5-3-6-11-26)32(29-16-14-28(15-17-29)27-12-7-4-8-13-27)41-33(37-35)30-18-20-31(21-19-30)40-24-9-23-38/h2,4,7-8,12-21,26,32,38H,1,3,5-6,9-11,22-25H2,(H,36,39)/t32-,35-/m1/s1. The molecule has 1 aliphatic heterocycles. The number of rotatable bonds is 12. The van der Waals surface area contributed by atoms with Crippen LogP contribution in [0.4, 0.5) is 0 Å². The zero-order chi connectivity index (χ0) is 28.5. The summed E-state index contributed by atoms with van der Waals surface area (Å²) in [5.41, 5.74) is 2.73. The molecule has 0 unspecified atom stereocenters. The van der Waals surface area contributed by atoms with Gasteiger partial charge in [-0.3, -0.25) is 4.79 Å². The van der Waals surface area contributed by atoms with Gasteiger partial charge in [-0.25, -0.2) is 4.99 Å². The average molecular weight is 553 g/mol. The summed E-state index contributed by atoms with van der Waals surface area (Å²) in [6, 6.07) is 26.0. The lowest BCUT2D eigenvalue weighted by atomic mass is 9.83. The van der Waals surface area contributed by atoms with E-state index in [-0.39, 0.29) is 12.5 Å². The zero-order valence-corrected chi connectivity index (χ0v) is 23.6. The Labute approximate surface area is 243 Å². The Bertz CT molecular complexity index is 1310. The van der Waals surface area contributed by atoms with Crippen molar-refractivity contribution < 1.29 is 19.4 Å². The Hall–Kier alpha value is -3.90. The van der Waals surface area contributed by atoms with Crippen LogP contribution in [0.3, 0.4) is 0 Å². The van der Waals surface area contributed by atoms with Gasteiger partial charge in [0.05, 0.1) is 6.61 Å². The van der Waals surface area contributed by atoms with Crippen molar-refractivity contribution in [1.29, 1.82) is 0 Å². The van der Waals surface area contributed by atoms with Crippen LogP contribution in [0.2, 0.25) is 0 Å². The molecule has 0 bridgehead atoms. The number of nitrogens with one attached hydrogen (secondary N) is 1. The van der Waals surface area contributed by atoms with E-state index in [2.05, 4.69) is 36.2 Å². The summed E-state index contributed by atoms with van der Waals surface area (Å²) in [4.78, 5) is 19.1. The SMILES string of the molecule is C=CC[C@@]1(C(=O)NCC2CCCCC2)N=C(c2ccc(OCCCO)cc2)O[C@@H]1c1ccc(-c2ccccc2)cc1. The molecule has 3 aromatic rings. The predicted molar refractivity (Wildman–Crippen MR) is 163 cm³/mol. The highest BCUT2D eigenvalue weighted by molar-refractivity contribution is 6.01. The Morgan fingerprint density at radius 3 is 2.34 bits per heavy atom. The van der Waals surface area contributed by atoms with E-state index in [1.807, 2.05) is 54.6 Å². The Kier molecular flexibility index (Phi) is 9.52. The van der Waals surface area contributed by atoms with Gasteiger partial charge < -0.3 is 19.9 Å². The molecule has 41 heavy (non-hydrogen) atoms. The van der Waals surface area contributed by atoms with E-state index in [1.54, 1.807) is 6.08 Å². The molecule has 0 radical (unpaired) electrons. The number of carbonyl (C=O) groups is 1. The van der Waals surface area contributed by atoms with E-state index >= 15 is 0 Å². The number of hydrogen-bond acceptors (Lipinski definition) is 5. The molecule has 1 aliphatic carbocycles. The fraction of sp³-hybridized carbons (Fsp3) is 0.371. The average Bonchev–Trinajstić information content (AvgIpc) is 3.42. The molecule has 2 aliphatic rings. The van der Waals surface area contributed by atoms with E-state index in [0.717, 1.165) is 35.1 Å². The molecule has 1 fully saturated rings. The second-order valence-electron chi connectivity index (χ2n) is 11.0. The van der Waals surface area contributed by atoms with Gasteiger partial charge in [-0.15, -0.1) is 6.58 Å². The summed E-state index contributed by atoms with van der Waals surface area (Å²) < 4.78 is 12.3. The molecular formula is C35H40N2O4. The first kappa shape index (κ1) is 28.6. The van der Waals surface area contributed by atoms with Crippen LogP contribution < -0.4 is 10.1 Å². The molecule has 1 heterocycles. The number of aliphatic hydroxyl groups excluding tert-OH is 1. The summed E-state index contributed by atoms with van der Waals surface area (Å²) in [5, 5.41) is 12.3. The normalized spacial score (nSPS) is 20.6. The van der Waals surface area contributed by atoms with E-state index in [0.29, 0.717) is 43.6 Å². The number of amides is 1. The van der Waals surface area contributed by atoms with Crippen LogP contribution >= 0.6 is 0 Å². The van der Waals surface area contributed by atoms with Crippen LogP contribution in [0.5, 0.6) is 5.75 Å². The highest BCUT2D eigenvalue weighted by Gasteiger charge is 2.52. The molecular weight excluding hydrogens is 512 g/mol. The summed E-state index contributed by atoms with van der Waals surface area (Å²) in [7, 11) is 0. The lowest BCUT2D eigenvalue weighted by Gasteiger charge is -2.31. The fourth-order valence-electron chi connectivity index (χ4n) is 5.80. The maximum atomic E-state index is 14.1. The summed E-state index contributed by atoms with van der Waals surface area (Å²) in [6.07, 6.45) is 8.10. The molecule has 0 spiro atoms. The van der Waals surface area contributed by atoms with Gasteiger partial charge >= 0.3 is 0 Å². The molecule has 6 heteroatoms. The minimum Gasteiger partial charge on any atom is -0.494 e. The van der Waals surface area contributed by atoms with Crippen molar-refractivity contribution in [3.8, 4) is 16.9 Å². The number of benzene rings is 3. The third kappa shape index (κ3) is 6.71. The smallest absolute Gasteiger partial charge is 0.252 e. The van der Waals surface area contributed by atoms with Crippen molar-refractivity contribution in [3.05, 3.63) is 103 Å². The predicted octanol–water partition coefficient (Wildman–Crippen LogP) is 6.64. The molecule has 2 atom stereocenters. The number of aliphatic hydroxyl groups is 1. The number of nitrogens with zero attached hydrogens (tertiary/aromatic N) is 1. The van der Waals surface area contributed by atoms with Gasteiger partial charge in [-0.05, 0) is 59.7 Å².